The van der Waals surface area contributed by atoms with Crippen molar-refractivity contribution in [1.29, 1.82) is 0 Å². The molecule has 1 aromatic rings. The summed E-state index contributed by atoms with van der Waals surface area (Å²) in [5.74, 6) is 0.446. The molecule has 98 valence electrons. The number of hydrogen-bond donors (Lipinski definition) is 2. The van der Waals surface area contributed by atoms with Crippen molar-refractivity contribution >= 4 is 29.0 Å². The Morgan fingerprint density at radius 3 is 3.17 bits per heavy atom. The van der Waals surface area contributed by atoms with E-state index in [1.807, 2.05) is 4.90 Å². The molecule has 0 aliphatic carbocycles. The quantitative estimate of drug-likeness (QED) is 0.806. The van der Waals surface area contributed by atoms with E-state index in [9.17, 15) is 4.79 Å². The average Bonchev–Trinajstić information content (AvgIpc) is 2.38. The minimum atomic E-state index is -0.417. The van der Waals surface area contributed by atoms with Crippen LogP contribution in [0.25, 0.3) is 0 Å². The summed E-state index contributed by atoms with van der Waals surface area (Å²) >= 11 is 5.82. The number of carbonyl (C=O) groups excluding carboxylic acids is 1. The molecule has 1 saturated heterocycles. The minimum absolute atomic E-state index is 0.120. The molecule has 0 bridgehead atoms. The largest absolute Gasteiger partial charge is 0.396 e. The van der Waals surface area contributed by atoms with E-state index >= 15 is 0 Å². The molecule has 6 nitrogen and oxygen atoms in total. The van der Waals surface area contributed by atoms with Crippen molar-refractivity contribution in [3.63, 3.8) is 0 Å². The second-order valence-electron chi connectivity index (χ2n) is 3.96. The van der Waals surface area contributed by atoms with Crippen LogP contribution in [0, 0.1) is 0 Å². The standard InChI is InChI=1S/C11H15ClN4O2/c1-14-11(17)9-6-18-3-2-16(9)10-8(13)4-7(12)5-15-10/h4-5,9H,2-3,6,13H2,1H3,(H,14,17). The van der Waals surface area contributed by atoms with Gasteiger partial charge >= 0.3 is 0 Å². The Morgan fingerprint density at radius 2 is 2.50 bits per heavy atom. The number of aromatic nitrogens is 1. The second kappa shape index (κ2) is 5.41. The Kier molecular flexibility index (Phi) is 3.88. The molecular weight excluding hydrogens is 256 g/mol. The number of morpholine rings is 1. The third-order valence-electron chi connectivity index (χ3n) is 2.81. The highest BCUT2D eigenvalue weighted by Gasteiger charge is 2.30. The fraction of sp³-hybridized carbons (Fsp3) is 0.455. The molecule has 1 atom stereocenters. The number of likely N-dealkylation sites (N-methyl/N-ethyl adjacent to an activating group) is 1. The van der Waals surface area contributed by atoms with E-state index in [2.05, 4.69) is 10.3 Å². The first kappa shape index (κ1) is 12.9. The lowest BCUT2D eigenvalue weighted by molar-refractivity contribution is -0.124. The van der Waals surface area contributed by atoms with Crippen LogP contribution in [0.1, 0.15) is 0 Å². The molecule has 18 heavy (non-hydrogen) atoms. The molecule has 1 unspecified atom stereocenters. The number of ether oxygens (including phenoxy) is 1. The number of pyridine rings is 1. The van der Waals surface area contributed by atoms with Gasteiger partial charge in [-0.15, -0.1) is 0 Å². The smallest absolute Gasteiger partial charge is 0.244 e. The maximum absolute atomic E-state index is 11.8. The second-order valence-corrected chi connectivity index (χ2v) is 4.40. The van der Waals surface area contributed by atoms with Gasteiger partial charge in [-0.3, -0.25) is 4.79 Å². The van der Waals surface area contributed by atoms with Crippen LogP contribution in [0.5, 0.6) is 0 Å². The SMILES string of the molecule is CNC(=O)C1COCCN1c1ncc(Cl)cc1N. The van der Waals surface area contributed by atoms with Crippen LogP contribution in [0.2, 0.25) is 5.02 Å². The van der Waals surface area contributed by atoms with Gasteiger partial charge in [-0.1, -0.05) is 11.6 Å². The maximum Gasteiger partial charge on any atom is 0.244 e. The Hall–Kier alpha value is -1.53. The van der Waals surface area contributed by atoms with Gasteiger partial charge in [0.25, 0.3) is 0 Å². The highest BCUT2D eigenvalue weighted by Crippen LogP contribution is 2.26. The number of hydrogen-bond acceptors (Lipinski definition) is 5. The number of halogens is 1. The number of nitrogens with zero attached hydrogens (tertiary/aromatic N) is 2. The van der Waals surface area contributed by atoms with E-state index in [0.717, 1.165) is 0 Å². The molecule has 1 amide bonds. The summed E-state index contributed by atoms with van der Waals surface area (Å²) in [7, 11) is 1.59. The molecular formula is C11H15ClN4O2. The lowest BCUT2D eigenvalue weighted by Gasteiger charge is -2.35. The van der Waals surface area contributed by atoms with Crippen LogP contribution < -0.4 is 16.0 Å². The van der Waals surface area contributed by atoms with Gasteiger partial charge in [0.15, 0.2) is 5.82 Å². The first-order valence-corrected chi connectivity index (χ1v) is 5.98. The molecule has 1 aliphatic rings. The summed E-state index contributed by atoms with van der Waals surface area (Å²) in [6, 6.07) is 1.21. The maximum atomic E-state index is 11.8. The monoisotopic (exact) mass is 270 g/mol. The van der Waals surface area contributed by atoms with Crippen LogP contribution in [0.3, 0.4) is 0 Å². The number of amides is 1. The Morgan fingerprint density at radius 1 is 1.72 bits per heavy atom. The van der Waals surface area contributed by atoms with Crippen LogP contribution in [-0.4, -0.2) is 43.7 Å². The molecule has 0 radical (unpaired) electrons. The molecule has 1 fully saturated rings. The van der Waals surface area contributed by atoms with Gasteiger partial charge < -0.3 is 20.7 Å². The Bertz CT molecular complexity index is 455. The molecule has 2 rings (SSSR count). The van der Waals surface area contributed by atoms with Gasteiger partial charge in [0.05, 0.1) is 23.9 Å². The van der Waals surface area contributed by atoms with Gasteiger partial charge in [-0.2, -0.15) is 0 Å². The van der Waals surface area contributed by atoms with Crippen molar-refractivity contribution in [3.05, 3.63) is 17.3 Å². The van der Waals surface area contributed by atoms with Gasteiger partial charge in [0.1, 0.15) is 6.04 Å². The lowest BCUT2D eigenvalue weighted by Crippen LogP contribution is -2.53. The van der Waals surface area contributed by atoms with E-state index in [4.69, 9.17) is 22.1 Å². The van der Waals surface area contributed by atoms with Gasteiger partial charge in [0, 0.05) is 19.8 Å². The van der Waals surface area contributed by atoms with E-state index in [1.54, 1.807) is 13.1 Å². The fourth-order valence-electron chi connectivity index (χ4n) is 1.93. The van der Waals surface area contributed by atoms with E-state index in [-0.39, 0.29) is 5.91 Å². The molecule has 0 aromatic carbocycles. The molecule has 3 N–H and O–H groups in total. The first-order chi connectivity index (χ1) is 8.63. The van der Waals surface area contributed by atoms with Crippen molar-refractivity contribution in [2.45, 2.75) is 6.04 Å². The summed E-state index contributed by atoms with van der Waals surface area (Å²) in [5.41, 5.74) is 6.35. The number of rotatable bonds is 2. The number of nitrogens with two attached hydrogens (primary N) is 1. The average molecular weight is 271 g/mol. The van der Waals surface area contributed by atoms with Crippen molar-refractivity contribution in [2.75, 3.05) is 37.4 Å². The van der Waals surface area contributed by atoms with Crippen LogP contribution in [0.15, 0.2) is 12.3 Å². The topological polar surface area (TPSA) is 80.5 Å². The van der Waals surface area contributed by atoms with Crippen LogP contribution >= 0.6 is 11.6 Å². The summed E-state index contributed by atoms with van der Waals surface area (Å²) in [6.45, 7) is 1.43. The summed E-state index contributed by atoms with van der Waals surface area (Å²) < 4.78 is 5.32. The summed E-state index contributed by atoms with van der Waals surface area (Å²) in [5, 5.41) is 3.08. The number of anilines is 2. The van der Waals surface area contributed by atoms with Crippen molar-refractivity contribution < 1.29 is 9.53 Å². The highest BCUT2D eigenvalue weighted by atomic mass is 35.5. The summed E-state index contributed by atoms with van der Waals surface area (Å²) in [6.07, 6.45) is 1.52. The van der Waals surface area contributed by atoms with Gasteiger partial charge in [0.2, 0.25) is 5.91 Å². The zero-order chi connectivity index (χ0) is 13.1. The molecule has 1 aromatic heterocycles. The molecule has 1 aliphatic heterocycles. The van der Waals surface area contributed by atoms with E-state index < -0.39 is 6.04 Å². The minimum Gasteiger partial charge on any atom is -0.396 e. The van der Waals surface area contributed by atoms with Gasteiger partial charge in [-0.05, 0) is 6.07 Å². The third kappa shape index (κ3) is 2.49. The van der Waals surface area contributed by atoms with Crippen LogP contribution in [-0.2, 0) is 9.53 Å². The fourth-order valence-corrected chi connectivity index (χ4v) is 2.10. The normalized spacial score (nSPS) is 19.7. The van der Waals surface area contributed by atoms with E-state index in [0.29, 0.717) is 36.3 Å². The lowest BCUT2D eigenvalue weighted by atomic mass is 10.2. The molecule has 7 heteroatoms. The van der Waals surface area contributed by atoms with Gasteiger partial charge in [-0.25, -0.2) is 4.98 Å². The molecule has 2 heterocycles. The number of nitrogen functional groups attached to an aromatic ring is 1. The number of nitrogens with one attached hydrogen (secondary N) is 1. The zero-order valence-electron chi connectivity index (χ0n) is 10.0. The van der Waals surface area contributed by atoms with Crippen molar-refractivity contribution in [3.8, 4) is 0 Å². The zero-order valence-corrected chi connectivity index (χ0v) is 10.8. The van der Waals surface area contributed by atoms with Crippen molar-refractivity contribution in [1.82, 2.24) is 10.3 Å². The predicted octanol–water partition coefficient (Wildman–Crippen LogP) is 0.268. The van der Waals surface area contributed by atoms with Crippen molar-refractivity contribution in [2.24, 2.45) is 0 Å². The predicted molar refractivity (Wildman–Crippen MR) is 69.7 cm³/mol. The third-order valence-corrected chi connectivity index (χ3v) is 3.02. The molecule has 0 saturated carbocycles. The van der Waals surface area contributed by atoms with E-state index in [1.165, 1.54) is 6.20 Å². The molecule has 0 spiro atoms. The Balaban J connectivity index is 2.30. The Labute approximate surface area is 110 Å². The highest BCUT2D eigenvalue weighted by molar-refractivity contribution is 6.30. The summed E-state index contributed by atoms with van der Waals surface area (Å²) in [4.78, 5) is 17.8. The van der Waals surface area contributed by atoms with Crippen LogP contribution in [0.4, 0.5) is 11.5 Å². The first-order valence-electron chi connectivity index (χ1n) is 5.60. The number of carbonyl (C=O) groups is 1.